The quantitative estimate of drug-likeness (QED) is 0.0886. The molecule has 0 spiro atoms. The Labute approximate surface area is 298 Å². The van der Waals surface area contributed by atoms with E-state index in [9.17, 15) is 33.6 Å². The van der Waals surface area contributed by atoms with Crippen molar-refractivity contribution in [3.63, 3.8) is 0 Å². The number of Topliss-reactive ketones (excluding diaryl/α,β-unsaturated/α-hetero) is 1. The summed E-state index contributed by atoms with van der Waals surface area (Å²) in [6, 6.07) is 6.34. The molecule has 16 nitrogen and oxygen atoms in total. The zero-order valence-corrected chi connectivity index (χ0v) is 29.9. The molecule has 4 N–H and O–H groups in total. The number of benzene rings is 1. The van der Waals surface area contributed by atoms with E-state index in [-0.39, 0.29) is 25.1 Å². The lowest BCUT2D eigenvalue weighted by atomic mass is 10.0. The molecule has 0 aliphatic carbocycles. The van der Waals surface area contributed by atoms with Gasteiger partial charge in [-0.25, -0.2) is 4.98 Å². The van der Waals surface area contributed by atoms with Crippen molar-refractivity contribution in [2.45, 2.75) is 76.7 Å². The minimum absolute atomic E-state index is 0.00636. The number of hydrogen-bond acceptors (Lipinski definition) is 10. The Kier molecular flexibility index (Phi) is 15.1. The molecule has 2 aromatic rings. The molecule has 16 heteroatoms. The summed E-state index contributed by atoms with van der Waals surface area (Å²) in [5.41, 5.74) is -0.272. The van der Waals surface area contributed by atoms with Crippen molar-refractivity contribution in [3.05, 3.63) is 60.2 Å². The Morgan fingerprint density at radius 2 is 1.73 bits per heavy atom. The molecule has 1 fully saturated rings. The number of unbranched alkanes of at least 4 members (excludes halogenated alkanes) is 1. The van der Waals surface area contributed by atoms with Crippen molar-refractivity contribution in [2.75, 3.05) is 40.3 Å². The van der Waals surface area contributed by atoms with Crippen molar-refractivity contribution < 1.29 is 33.6 Å². The monoisotopic (exact) mass is 707 g/mol. The van der Waals surface area contributed by atoms with E-state index in [0.29, 0.717) is 19.4 Å². The largest absolute Gasteiger partial charge is 0.345 e. The second-order valence-electron chi connectivity index (χ2n) is 12.6. The lowest BCUT2D eigenvalue weighted by Crippen LogP contribution is -2.60. The highest BCUT2D eigenvalue weighted by molar-refractivity contribution is 6.38. The molecule has 2 heterocycles. The molecule has 0 radical (unpaired) electrons. The molecule has 3 rings (SSSR count). The minimum Gasteiger partial charge on any atom is -0.345 e. The molecule has 4 atom stereocenters. The summed E-state index contributed by atoms with van der Waals surface area (Å²) in [5, 5.41) is 10.3. The molecule has 1 aromatic carbocycles. The molecule has 1 aliphatic heterocycles. The second-order valence-corrected chi connectivity index (χ2v) is 12.6. The summed E-state index contributed by atoms with van der Waals surface area (Å²) in [7, 11) is 3.38. The number of nitrogens with zero attached hydrogens (tertiary/aromatic N) is 5. The van der Waals surface area contributed by atoms with Crippen LogP contribution < -0.4 is 21.3 Å². The minimum atomic E-state index is -1.17. The molecule has 1 saturated heterocycles. The van der Waals surface area contributed by atoms with Gasteiger partial charge in [0.05, 0.1) is 37.9 Å². The summed E-state index contributed by atoms with van der Waals surface area (Å²) >= 11 is 0. The fourth-order valence-corrected chi connectivity index (χ4v) is 5.95. The van der Waals surface area contributed by atoms with Gasteiger partial charge in [-0.3, -0.25) is 43.4 Å². The van der Waals surface area contributed by atoms with Gasteiger partial charge >= 0.3 is 0 Å². The number of aromatic nitrogens is 2. The molecule has 1 aliphatic rings. The number of ketones is 1. The third kappa shape index (κ3) is 10.6. The predicted molar refractivity (Wildman–Crippen MR) is 186 cm³/mol. The van der Waals surface area contributed by atoms with Crippen molar-refractivity contribution in [2.24, 2.45) is 0 Å². The molecule has 1 aromatic heterocycles. The van der Waals surface area contributed by atoms with Crippen LogP contribution in [0.4, 0.5) is 0 Å². The van der Waals surface area contributed by atoms with Crippen LogP contribution in [0.25, 0.3) is 0 Å². The van der Waals surface area contributed by atoms with Gasteiger partial charge in [0.25, 0.3) is 11.8 Å². The van der Waals surface area contributed by atoms with E-state index in [0.717, 1.165) is 18.4 Å². The summed E-state index contributed by atoms with van der Waals surface area (Å²) in [5.74, 6) is -4.27. The normalized spacial score (nSPS) is 17.9. The van der Waals surface area contributed by atoms with Crippen LogP contribution in [0, 0.1) is 0 Å². The summed E-state index contributed by atoms with van der Waals surface area (Å²) in [6.07, 6.45) is 6.91. The summed E-state index contributed by atoms with van der Waals surface area (Å²) in [6.45, 7) is 5.11. The maximum absolute atomic E-state index is 14.0. The van der Waals surface area contributed by atoms with E-state index >= 15 is 0 Å². The molecule has 0 saturated carbocycles. The van der Waals surface area contributed by atoms with Gasteiger partial charge in [-0.15, -0.1) is 0 Å². The average molecular weight is 708 g/mol. The van der Waals surface area contributed by atoms with E-state index in [1.807, 2.05) is 56.1 Å². The zero-order valence-electron chi connectivity index (χ0n) is 29.9. The lowest BCUT2D eigenvalue weighted by Gasteiger charge is -2.43. The van der Waals surface area contributed by atoms with Crippen LogP contribution in [0.3, 0.4) is 0 Å². The fourth-order valence-electron chi connectivity index (χ4n) is 5.95. The van der Waals surface area contributed by atoms with Crippen molar-refractivity contribution >= 4 is 41.7 Å². The van der Waals surface area contributed by atoms with Gasteiger partial charge in [0.2, 0.25) is 29.9 Å². The topological polar surface area (TPSA) is 203 Å². The first-order valence-electron chi connectivity index (χ1n) is 17.1. The Balaban J connectivity index is 1.79. The molecule has 0 bridgehead atoms. The molecular weight excluding hydrogens is 658 g/mol. The standard InChI is InChI=1S/C35H49N9O7/c1-6-8-17-42(4)35(43(5)23-45)18-28(44(22-35)30(47)21-38-29(46)20-39-32(49)27-19-36-15-16-37-27)33(50)41-26(12-7-2)31(48)34(51)40-24(3)25-13-10-9-11-14-25/h9-11,13-16,19,23-24,26,28H,6-8,12,17-18,20-22H2,1-5H3,(H,38,46)(H,39,49)(H,40,51)(H,41,50)/t24-,26?,28-,35?/m0/s1. The van der Waals surface area contributed by atoms with Gasteiger partial charge in [0.15, 0.2) is 0 Å². The highest BCUT2D eigenvalue weighted by Gasteiger charge is 2.53. The lowest BCUT2D eigenvalue weighted by molar-refractivity contribution is -0.142. The third-order valence-corrected chi connectivity index (χ3v) is 9.04. The molecule has 6 amide bonds. The first kappa shape index (κ1) is 40.2. The number of amides is 6. The number of likely N-dealkylation sites (tertiary alicyclic amines) is 1. The first-order valence-corrected chi connectivity index (χ1v) is 17.1. The molecule has 276 valence electrons. The van der Waals surface area contributed by atoms with Gasteiger partial charge in [0.1, 0.15) is 17.4 Å². The number of nitrogens with one attached hydrogen (secondary N) is 4. The maximum Gasteiger partial charge on any atom is 0.290 e. The van der Waals surface area contributed by atoms with Crippen LogP contribution in [-0.2, 0) is 28.8 Å². The van der Waals surface area contributed by atoms with Crippen molar-refractivity contribution in [1.29, 1.82) is 0 Å². The third-order valence-electron chi connectivity index (χ3n) is 9.04. The van der Waals surface area contributed by atoms with E-state index in [2.05, 4.69) is 31.2 Å². The van der Waals surface area contributed by atoms with Crippen LogP contribution in [0.5, 0.6) is 0 Å². The van der Waals surface area contributed by atoms with Crippen molar-refractivity contribution in [3.8, 4) is 0 Å². The average Bonchev–Trinajstić information content (AvgIpc) is 3.57. The number of carbonyl (C=O) groups is 7. The van der Waals surface area contributed by atoms with Gasteiger partial charge in [-0.1, -0.05) is 57.0 Å². The fraction of sp³-hybridized carbons (Fsp3) is 0.514. The number of rotatable bonds is 19. The smallest absolute Gasteiger partial charge is 0.290 e. The molecule has 51 heavy (non-hydrogen) atoms. The van der Waals surface area contributed by atoms with Gasteiger partial charge < -0.3 is 31.1 Å². The number of carbonyl (C=O) groups excluding carboxylic acids is 7. The SMILES string of the molecule is CCCCN(C)C1(N(C)C=O)C[C@@H](C(=O)NC(CCC)C(=O)C(=O)N[C@@H](C)c2ccccc2)N(C(=O)CNC(=O)CNC(=O)c2cnccn2)C1. The van der Waals surface area contributed by atoms with Gasteiger partial charge in [-0.2, -0.15) is 0 Å². The second kappa shape index (κ2) is 19.2. The Bertz CT molecular complexity index is 1530. The molecular formula is C35H49N9O7. The van der Waals surface area contributed by atoms with Gasteiger partial charge in [-0.05, 0) is 32.4 Å². The van der Waals surface area contributed by atoms with E-state index < -0.39 is 72.2 Å². The van der Waals surface area contributed by atoms with E-state index in [1.54, 1.807) is 14.0 Å². The van der Waals surface area contributed by atoms with Crippen molar-refractivity contribution in [1.82, 2.24) is 45.9 Å². The highest BCUT2D eigenvalue weighted by atomic mass is 16.2. The molecule has 2 unspecified atom stereocenters. The number of likely N-dealkylation sites (N-methyl/N-ethyl adjacent to an activating group) is 2. The van der Waals surface area contributed by atoms with E-state index in [4.69, 9.17) is 0 Å². The first-order chi connectivity index (χ1) is 24.4. The summed E-state index contributed by atoms with van der Waals surface area (Å²) < 4.78 is 0. The van der Waals surface area contributed by atoms with Gasteiger partial charge in [0, 0.05) is 32.4 Å². The maximum atomic E-state index is 14.0. The van der Waals surface area contributed by atoms with Crippen LogP contribution in [-0.4, -0.2) is 124 Å². The van der Waals surface area contributed by atoms with E-state index in [1.165, 1.54) is 28.4 Å². The number of hydrogen-bond donors (Lipinski definition) is 4. The van der Waals surface area contributed by atoms with Crippen LogP contribution in [0.1, 0.15) is 75.0 Å². The highest BCUT2D eigenvalue weighted by Crippen LogP contribution is 2.34. The van der Waals surface area contributed by atoms with Crippen LogP contribution >= 0.6 is 0 Å². The van der Waals surface area contributed by atoms with Crippen LogP contribution in [0.2, 0.25) is 0 Å². The predicted octanol–water partition coefficient (Wildman–Crippen LogP) is 0.171. The zero-order chi connectivity index (χ0) is 37.6. The Morgan fingerprint density at radius 1 is 1.00 bits per heavy atom. The summed E-state index contributed by atoms with van der Waals surface area (Å²) in [4.78, 5) is 104. The van der Waals surface area contributed by atoms with Crippen LogP contribution in [0.15, 0.2) is 48.9 Å². The Morgan fingerprint density at radius 3 is 2.35 bits per heavy atom. The Hall–Kier alpha value is -5.25.